The van der Waals surface area contributed by atoms with Crippen LogP contribution in [-0.4, -0.2) is 60.7 Å². The van der Waals surface area contributed by atoms with Crippen molar-refractivity contribution in [3.05, 3.63) is 24.5 Å². The first kappa shape index (κ1) is 15.4. The van der Waals surface area contributed by atoms with Crippen LogP contribution < -0.4 is 5.73 Å². The summed E-state index contributed by atoms with van der Waals surface area (Å²) in [6, 6.07) is 3.42. The Hall–Kier alpha value is -1.51. The van der Waals surface area contributed by atoms with E-state index >= 15 is 0 Å². The maximum Gasteiger partial charge on any atom is 0.244 e. The summed E-state index contributed by atoms with van der Waals surface area (Å²) in [5.41, 5.74) is 5.33. The molecule has 0 bridgehead atoms. The van der Waals surface area contributed by atoms with Crippen molar-refractivity contribution in [2.24, 2.45) is 11.7 Å². The van der Waals surface area contributed by atoms with Crippen LogP contribution in [0.15, 0.2) is 29.4 Å². The van der Waals surface area contributed by atoms with Gasteiger partial charge in [0.2, 0.25) is 15.9 Å². The minimum Gasteiger partial charge on any atom is -0.369 e. The van der Waals surface area contributed by atoms with Gasteiger partial charge in [-0.1, -0.05) is 0 Å². The highest BCUT2D eigenvalue weighted by atomic mass is 32.2. The summed E-state index contributed by atoms with van der Waals surface area (Å²) >= 11 is 0. The Bertz CT molecular complexity index is 635. The molecular weight excluding hydrogens is 304 g/mol. The number of rotatable bonds is 4. The molecule has 3 heterocycles. The van der Waals surface area contributed by atoms with Crippen molar-refractivity contribution in [3.63, 3.8) is 0 Å². The zero-order chi connectivity index (χ0) is 15.7. The van der Waals surface area contributed by atoms with Crippen molar-refractivity contribution in [1.29, 1.82) is 0 Å². The normalized spacial score (nSPS) is 22.4. The largest absolute Gasteiger partial charge is 0.369 e. The van der Waals surface area contributed by atoms with Crippen molar-refractivity contribution in [2.75, 3.05) is 26.2 Å². The number of sulfonamides is 1. The van der Waals surface area contributed by atoms with Gasteiger partial charge in [-0.15, -0.1) is 0 Å². The number of hydrogen-bond acceptors (Lipinski definition) is 5. The molecule has 0 radical (unpaired) electrons. The number of hydrogen-bond donors (Lipinski definition) is 1. The number of carbonyl (C=O) groups is 1. The third-order valence-electron chi connectivity index (χ3n) is 4.55. The molecule has 2 fully saturated rings. The number of carbonyl (C=O) groups excluding carboxylic acids is 1. The summed E-state index contributed by atoms with van der Waals surface area (Å²) in [6.07, 6.45) is 4.46. The zero-order valence-electron chi connectivity index (χ0n) is 12.3. The smallest absolute Gasteiger partial charge is 0.244 e. The molecule has 120 valence electrons. The fourth-order valence-corrected chi connectivity index (χ4v) is 4.52. The van der Waals surface area contributed by atoms with Crippen LogP contribution in [0, 0.1) is 5.92 Å². The van der Waals surface area contributed by atoms with Crippen LogP contribution in [0.2, 0.25) is 0 Å². The van der Waals surface area contributed by atoms with Gasteiger partial charge in [-0.25, -0.2) is 8.42 Å². The van der Waals surface area contributed by atoms with E-state index in [0.717, 1.165) is 25.9 Å². The Kier molecular flexibility index (Phi) is 4.16. The van der Waals surface area contributed by atoms with E-state index in [1.54, 1.807) is 18.3 Å². The van der Waals surface area contributed by atoms with Crippen molar-refractivity contribution in [3.8, 4) is 0 Å². The van der Waals surface area contributed by atoms with E-state index in [-0.39, 0.29) is 22.8 Å². The molecule has 2 aliphatic rings. The highest BCUT2D eigenvalue weighted by Crippen LogP contribution is 2.27. The highest BCUT2D eigenvalue weighted by molar-refractivity contribution is 7.89. The van der Waals surface area contributed by atoms with Gasteiger partial charge in [-0.3, -0.25) is 14.7 Å². The lowest BCUT2D eigenvalue weighted by Crippen LogP contribution is -2.62. The predicted octanol–water partition coefficient (Wildman–Crippen LogP) is -0.348. The summed E-state index contributed by atoms with van der Waals surface area (Å²) in [4.78, 5) is 17.5. The molecule has 8 heteroatoms. The average molecular weight is 324 g/mol. The van der Waals surface area contributed by atoms with Gasteiger partial charge >= 0.3 is 0 Å². The molecule has 7 nitrogen and oxygen atoms in total. The minimum absolute atomic E-state index is 0.0356. The third-order valence-corrected chi connectivity index (χ3v) is 6.36. The number of nitrogens with zero attached hydrogens (tertiary/aromatic N) is 3. The van der Waals surface area contributed by atoms with Crippen LogP contribution in [0.3, 0.4) is 0 Å². The molecule has 0 unspecified atom stereocenters. The highest BCUT2D eigenvalue weighted by Gasteiger charge is 2.40. The number of pyridine rings is 1. The van der Waals surface area contributed by atoms with E-state index in [2.05, 4.69) is 9.88 Å². The second-order valence-corrected chi connectivity index (χ2v) is 7.82. The van der Waals surface area contributed by atoms with Gasteiger partial charge in [0.25, 0.3) is 0 Å². The first-order valence-corrected chi connectivity index (χ1v) is 8.86. The third kappa shape index (κ3) is 2.86. The van der Waals surface area contributed by atoms with Crippen molar-refractivity contribution < 1.29 is 13.2 Å². The fraction of sp³-hybridized carbons (Fsp3) is 0.571. The summed E-state index contributed by atoms with van der Waals surface area (Å²) in [5, 5.41) is 0. The quantitative estimate of drug-likeness (QED) is 0.817. The van der Waals surface area contributed by atoms with Crippen LogP contribution in [-0.2, 0) is 14.8 Å². The SMILES string of the molecule is NC(=O)C1CCN(C2CN(S(=O)(=O)c3cccnc3)C2)CC1. The molecule has 22 heavy (non-hydrogen) atoms. The monoisotopic (exact) mass is 324 g/mol. The Morgan fingerprint density at radius 1 is 1.27 bits per heavy atom. The molecule has 0 saturated carbocycles. The van der Waals surface area contributed by atoms with E-state index in [0.29, 0.717) is 13.1 Å². The first-order valence-electron chi connectivity index (χ1n) is 7.42. The maximum atomic E-state index is 12.4. The number of piperidine rings is 1. The second-order valence-electron chi connectivity index (χ2n) is 5.88. The topological polar surface area (TPSA) is 96.6 Å². The average Bonchev–Trinajstić information content (AvgIpc) is 2.47. The van der Waals surface area contributed by atoms with Crippen LogP contribution in [0.4, 0.5) is 0 Å². The van der Waals surface area contributed by atoms with E-state index < -0.39 is 10.0 Å². The van der Waals surface area contributed by atoms with E-state index in [1.165, 1.54) is 10.5 Å². The molecule has 2 aliphatic heterocycles. The Labute approximate surface area is 130 Å². The summed E-state index contributed by atoms with van der Waals surface area (Å²) in [6.45, 7) is 2.61. The summed E-state index contributed by atoms with van der Waals surface area (Å²) in [7, 11) is -3.43. The number of aromatic nitrogens is 1. The van der Waals surface area contributed by atoms with Crippen molar-refractivity contribution in [2.45, 2.75) is 23.8 Å². The molecule has 2 N–H and O–H groups in total. The van der Waals surface area contributed by atoms with Crippen LogP contribution >= 0.6 is 0 Å². The Balaban J connectivity index is 1.56. The predicted molar refractivity (Wildman–Crippen MR) is 80.3 cm³/mol. The molecule has 0 spiro atoms. The van der Waals surface area contributed by atoms with Crippen molar-refractivity contribution >= 4 is 15.9 Å². The Morgan fingerprint density at radius 3 is 2.50 bits per heavy atom. The summed E-state index contributed by atoms with van der Waals surface area (Å²) in [5.74, 6) is -0.263. The molecule has 0 atom stereocenters. The maximum absolute atomic E-state index is 12.4. The van der Waals surface area contributed by atoms with Crippen LogP contribution in [0.1, 0.15) is 12.8 Å². The molecule has 0 aliphatic carbocycles. The van der Waals surface area contributed by atoms with E-state index in [4.69, 9.17) is 5.73 Å². The van der Waals surface area contributed by atoms with E-state index in [9.17, 15) is 13.2 Å². The lowest BCUT2D eigenvalue weighted by atomic mass is 9.94. The van der Waals surface area contributed by atoms with Gasteiger partial charge in [0.05, 0.1) is 0 Å². The Morgan fingerprint density at radius 2 is 1.95 bits per heavy atom. The molecular formula is C14H20N4O3S. The molecule has 1 aromatic rings. The van der Waals surface area contributed by atoms with E-state index in [1.807, 2.05) is 0 Å². The van der Waals surface area contributed by atoms with Gasteiger partial charge in [0.15, 0.2) is 0 Å². The lowest BCUT2D eigenvalue weighted by molar-refractivity contribution is -0.123. The number of primary amides is 1. The van der Waals surface area contributed by atoms with Gasteiger partial charge in [0.1, 0.15) is 4.90 Å². The summed E-state index contributed by atoms with van der Waals surface area (Å²) < 4.78 is 26.3. The first-order chi connectivity index (χ1) is 10.5. The van der Waals surface area contributed by atoms with Gasteiger partial charge < -0.3 is 5.73 Å². The molecule has 3 rings (SSSR count). The van der Waals surface area contributed by atoms with Crippen LogP contribution in [0.5, 0.6) is 0 Å². The molecule has 1 aromatic heterocycles. The van der Waals surface area contributed by atoms with Gasteiger partial charge in [-0.05, 0) is 38.1 Å². The second kappa shape index (κ2) is 5.94. The lowest BCUT2D eigenvalue weighted by Gasteiger charge is -2.46. The van der Waals surface area contributed by atoms with Crippen LogP contribution in [0.25, 0.3) is 0 Å². The number of likely N-dealkylation sites (tertiary alicyclic amines) is 1. The molecule has 1 amide bonds. The standard InChI is InChI=1S/C14H20N4O3S/c15-14(19)11-3-6-17(7-4-11)12-9-18(10-12)22(20,21)13-2-1-5-16-8-13/h1-2,5,8,11-12H,3-4,6-7,9-10H2,(H2,15,19). The molecule has 0 aromatic carbocycles. The number of amides is 1. The van der Waals surface area contributed by atoms with Crippen molar-refractivity contribution in [1.82, 2.24) is 14.2 Å². The number of nitrogens with two attached hydrogens (primary N) is 1. The van der Waals surface area contributed by atoms with Gasteiger partial charge in [-0.2, -0.15) is 4.31 Å². The zero-order valence-corrected chi connectivity index (χ0v) is 13.1. The van der Waals surface area contributed by atoms with Gasteiger partial charge in [0, 0.05) is 37.4 Å². The fourth-order valence-electron chi connectivity index (χ4n) is 3.04. The minimum atomic E-state index is -3.43. The molecule has 2 saturated heterocycles.